The molecule has 0 unspecified atom stereocenters. The van der Waals surface area contributed by atoms with Gasteiger partial charge in [0.1, 0.15) is 0 Å². The van der Waals surface area contributed by atoms with Crippen LogP contribution in [0.25, 0.3) is 11.1 Å². The Hall–Kier alpha value is -2.95. The van der Waals surface area contributed by atoms with Crippen LogP contribution in [-0.4, -0.2) is 41.3 Å². The highest BCUT2D eigenvalue weighted by molar-refractivity contribution is 5.85. The van der Waals surface area contributed by atoms with Gasteiger partial charge in [-0.1, -0.05) is 36.4 Å². The number of nitrogens with zero attached hydrogens (tertiary/aromatic N) is 2. The summed E-state index contributed by atoms with van der Waals surface area (Å²) in [6, 6.07) is 12.4. The molecular formula is C27H33N3O2. The molecule has 2 heterocycles. The Kier molecular flexibility index (Phi) is 7.03. The van der Waals surface area contributed by atoms with E-state index in [2.05, 4.69) is 46.7 Å². The van der Waals surface area contributed by atoms with Crippen LogP contribution in [0.2, 0.25) is 0 Å². The molecule has 168 valence electrons. The van der Waals surface area contributed by atoms with Gasteiger partial charge in [-0.15, -0.1) is 0 Å². The summed E-state index contributed by atoms with van der Waals surface area (Å²) in [5, 5.41) is 3.07. The first-order valence-electron chi connectivity index (χ1n) is 11.8. The molecule has 2 amide bonds. The molecule has 0 bridgehead atoms. The van der Waals surface area contributed by atoms with Crippen LogP contribution in [0.3, 0.4) is 0 Å². The van der Waals surface area contributed by atoms with E-state index in [1.165, 1.54) is 0 Å². The number of nitrogens with one attached hydrogen (secondary N) is 1. The SMILES string of the molecule is CCNC(=O)[C@@]1(Cc2cccc(-c3ccncc3)c2)CCCN(C(=O)[C@@H]2CC=CCC2)C1. The molecular weight excluding hydrogens is 398 g/mol. The molecule has 5 nitrogen and oxygen atoms in total. The largest absolute Gasteiger partial charge is 0.356 e. The number of benzene rings is 1. The van der Waals surface area contributed by atoms with E-state index in [0.717, 1.165) is 55.3 Å². The van der Waals surface area contributed by atoms with Crippen molar-refractivity contribution in [1.29, 1.82) is 0 Å². The lowest BCUT2D eigenvalue weighted by Crippen LogP contribution is -2.55. The zero-order valence-electron chi connectivity index (χ0n) is 18.9. The number of allylic oxidation sites excluding steroid dienone is 2. The van der Waals surface area contributed by atoms with E-state index >= 15 is 0 Å². The van der Waals surface area contributed by atoms with Crippen LogP contribution in [0.15, 0.2) is 60.9 Å². The number of aromatic nitrogens is 1. The minimum atomic E-state index is -0.592. The summed E-state index contributed by atoms with van der Waals surface area (Å²) < 4.78 is 0. The Morgan fingerprint density at radius 3 is 2.75 bits per heavy atom. The molecule has 0 spiro atoms. The average molecular weight is 432 g/mol. The van der Waals surface area contributed by atoms with Crippen LogP contribution in [0.4, 0.5) is 0 Å². The second kappa shape index (κ2) is 10.1. The van der Waals surface area contributed by atoms with Crippen LogP contribution < -0.4 is 5.32 Å². The van der Waals surface area contributed by atoms with E-state index in [4.69, 9.17) is 0 Å². The first kappa shape index (κ1) is 22.3. The van der Waals surface area contributed by atoms with Crippen molar-refractivity contribution in [2.24, 2.45) is 11.3 Å². The molecule has 1 aliphatic heterocycles. The summed E-state index contributed by atoms with van der Waals surface area (Å²) in [5.41, 5.74) is 2.76. The van der Waals surface area contributed by atoms with Gasteiger partial charge in [0, 0.05) is 37.9 Å². The molecule has 2 aliphatic rings. The van der Waals surface area contributed by atoms with Crippen LogP contribution in [0, 0.1) is 11.3 Å². The van der Waals surface area contributed by atoms with Crippen molar-refractivity contribution in [3.63, 3.8) is 0 Å². The molecule has 1 aliphatic carbocycles. The number of hydrogen-bond donors (Lipinski definition) is 1. The van der Waals surface area contributed by atoms with Crippen LogP contribution >= 0.6 is 0 Å². The molecule has 1 aromatic carbocycles. The van der Waals surface area contributed by atoms with Gasteiger partial charge >= 0.3 is 0 Å². The number of amides is 2. The van der Waals surface area contributed by atoms with E-state index in [1.807, 2.05) is 24.0 Å². The monoisotopic (exact) mass is 431 g/mol. The highest BCUT2D eigenvalue weighted by Crippen LogP contribution is 2.36. The van der Waals surface area contributed by atoms with Crippen molar-refractivity contribution < 1.29 is 9.59 Å². The van der Waals surface area contributed by atoms with E-state index in [9.17, 15) is 9.59 Å². The fraction of sp³-hybridized carbons (Fsp3) is 0.444. The zero-order valence-corrected chi connectivity index (χ0v) is 18.9. The average Bonchev–Trinajstić information content (AvgIpc) is 2.85. The van der Waals surface area contributed by atoms with E-state index in [-0.39, 0.29) is 17.7 Å². The standard InChI is InChI=1S/C27H33N3O2/c1-2-29-26(32)27(14-7-17-30(20-27)25(31)23-9-4-3-5-10-23)19-21-8-6-11-24(18-21)22-12-15-28-16-13-22/h3-4,6,8,11-13,15-16,18,23H,2,5,7,9-10,14,17,19-20H2,1H3,(H,29,32)/t23-,27-/m1/s1. The summed E-state index contributed by atoms with van der Waals surface area (Å²) in [7, 11) is 0. The van der Waals surface area contributed by atoms with E-state index in [0.29, 0.717) is 19.5 Å². The predicted molar refractivity (Wildman–Crippen MR) is 127 cm³/mol. The van der Waals surface area contributed by atoms with Crippen LogP contribution in [0.1, 0.15) is 44.6 Å². The maximum Gasteiger partial charge on any atom is 0.228 e. The number of carbonyl (C=O) groups is 2. The third kappa shape index (κ3) is 4.93. The van der Waals surface area contributed by atoms with Gasteiger partial charge in [0.2, 0.25) is 11.8 Å². The molecule has 5 heteroatoms. The summed E-state index contributed by atoms with van der Waals surface area (Å²) >= 11 is 0. The lowest BCUT2D eigenvalue weighted by Gasteiger charge is -2.43. The smallest absolute Gasteiger partial charge is 0.228 e. The molecule has 2 aromatic rings. The van der Waals surface area contributed by atoms with Gasteiger partial charge in [0.05, 0.1) is 5.41 Å². The van der Waals surface area contributed by atoms with Gasteiger partial charge in [-0.05, 0) is 74.3 Å². The Labute approximate surface area is 190 Å². The van der Waals surface area contributed by atoms with Crippen molar-refractivity contribution in [3.05, 3.63) is 66.5 Å². The van der Waals surface area contributed by atoms with Gasteiger partial charge in [0.25, 0.3) is 0 Å². The molecule has 1 N–H and O–H groups in total. The maximum atomic E-state index is 13.4. The number of carbonyl (C=O) groups excluding carboxylic acids is 2. The van der Waals surface area contributed by atoms with E-state index in [1.54, 1.807) is 12.4 Å². The molecule has 1 saturated heterocycles. The van der Waals surface area contributed by atoms with Crippen molar-refractivity contribution in [1.82, 2.24) is 15.2 Å². The third-order valence-electron chi connectivity index (χ3n) is 6.81. The van der Waals surface area contributed by atoms with Crippen molar-refractivity contribution in [2.45, 2.75) is 45.4 Å². The van der Waals surface area contributed by atoms with Gasteiger partial charge in [0.15, 0.2) is 0 Å². The summed E-state index contributed by atoms with van der Waals surface area (Å²) in [6.07, 6.45) is 12.9. The van der Waals surface area contributed by atoms with E-state index < -0.39 is 5.41 Å². The van der Waals surface area contributed by atoms with Crippen molar-refractivity contribution in [2.75, 3.05) is 19.6 Å². The Bertz CT molecular complexity index is 972. The molecule has 4 rings (SSSR count). The van der Waals surface area contributed by atoms with Gasteiger partial charge < -0.3 is 10.2 Å². The topological polar surface area (TPSA) is 62.3 Å². The highest BCUT2D eigenvalue weighted by atomic mass is 16.2. The van der Waals surface area contributed by atoms with Crippen molar-refractivity contribution in [3.8, 4) is 11.1 Å². The second-order valence-corrected chi connectivity index (χ2v) is 9.10. The molecule has 0 radical (unpaired) electrons. The normalized spacial score (nSPS) is 23.0. The zero-order chi connectivity index (χ0) is 22.4. The Balaban J connectivity index is 1.59. The summed E-state index contributed by atoms with van der Waals surface area (Å²) in [6.45, 7) is 3.80. The van der Waals surface area contributed by atoms with Crippen molar-refractivity contribution >= 4 is 11.8 Å². The number of hydrogen-bond acceptors (Lipinski definition) is 3. The Morgan fingerprint density at radius 1 is 1.16 bits per heavy atom. The first-order valence-corrected chi connectivity index (χ1v) is 11.8. The number of likely N-dealkylation sites (tertiary alicyclic amines) is 1. The fourth-order valence-corrected chi connectivity index (χ4v) is 5.15. The lowest BCUT2D eigenvalue weighted by molar-refractivity contribution is -0.144. The molecule has 1 aromatic heterocycles. The molecule has 1 fully saturated rings. The minimum absolute atomic E-state index is 0.0556. The Morgan fingerprint density at radius 2 is 2.00 bits per heavy atom. The minimum Gasteiger partial charge on any atom is -0.356 e. The predicted octanol–water partition coefficient (Wildman–Crippen LogP) is 4.39. The number of rotatable bonds is 6. The molecule has 2 atom stereocenters. The highest BCUT2D eigenvalue weighted by Gasteiger charge is 2.44. The fourth-order valence-electron chi connectivity index (χ4n) is 5.15. The maximum absolute atomic E-state index is 13.4. The van der Waals surface area contributed by atoms with Gasteiger partial charge in [-0.25, -0.2) is 0 Å². The molecule has 32 heavy (non-hydrogen) atoms. The van der Waals surface area contributed by atoms with Crippen LogP contribution in [-0.2, 0) is 16.0 Å². The number of piperidine rings is 1. The first-order chi connectivity index (χ1) is 15.6. The third-order valence-corrected chi connectivity index (χ3v) is 6.81. The number of pyridine rings is 1. The second-order valence-electron chi connectivity index (χ2n) is 9.10. The summed E-state index contributed by atoms with van der Waals surface area (Å²) in [4.78, 5) is 32.7. The lowest BCUT2D eigenvalue weighted by atomic mass is 9.73. The quantitative estimate of drug-likeness (QED) is 0.690. The van der Waals surface area contributed by atoms with Gasteiger partial charge in [-0.2, -0.15) is 0 Å². The van der Waals surface area contributed by atoms with Crippen LogP contribution in [0.5, 0.6) is 0 Å². The summed E-state index contributed by atoms with van der Waals surface area (Å²) in [5.74, 6) is 0.337. The van der Waals surface area contributed by atoms with Gasteiger partial charge in [-0.3, -0.25) is 14.6 Å². The molecule has 0 saturated carbocycles.